The number of carbonyl (C=O) groups is 1. The van der Waals surface area contributed by atoms with Gasteiger partial charge in [-0.25, -0.2) is 0 Å². The molecular weight excluding hydrogens is 342 g/mol. The van der Waals surface area contributed by atoms with Gasteiger partial charge in [0.15, 0.2) is 0 Å². The Morgan fingerprint density at radius 3 is 2.84 bits per heavy atom. The summed E-state index contributed by atoms with van der Waals surface area (Å²) in [5.74, 6) is -0.184. The number of hydrogen-bond acceptors (Lipinski definition) is 3. The standard InChI is InChI=1S/C18H16ClN3O3/c19-15-9-8-13(10-17(15)22(24)25)21-18(23)7-3-4-12-11-20-16-6-2-1-5-14(12)16/h1-2,5-6,8-11,20H,3-4,7H2,(H,21,23). The second-order valence-corrected chi connectivity index (χ2v) is 6.09. The highest BCUT2D eigenvalue weighted by Gasteiger charge is 2.14. The van der Waals surface area contributed by atoms with Crippen molar-refractivity contribution in [2.24, 2.45) is 0 Å². The minimum Gasteiger partial charge on any atom is -0.361 e. The van der Waals surface area contributed by atoms with Crippen LogP contribution in [0.25, 0.3) is 10.9 Å². The summed E-state index contributed by atoms with van der Waals surface area (Å²) in [4.78, 5) is 25.6. The molecule has 0 saturated carbocycles. The zero-order valence-corrected chi connectivity index (χ0v) is 14.0. The molecule has 2 aromatic carbocycles. The number of nitrogens with zero attached hydrogens (tertiary/aromatic N) is 1. The average molecular weight is 358 g/mol. The fourth-order valence-electron chi connectivity index (χ4n) is 2.73. The largest absolute Gasteiger partial charge is 0.361 e. The third-order valence-corrected chi connectivity index (χ3v) is 4.27. The van der Waals surface area contributed by atoms with E-state index in [0.29, 0.717) is 18.5 Å². The molecule has 128 valence electrons. The zero-order valence-electron chi connectivity index (χ0n) is 13.3. The minimum atomic E-state index is -0.574. The monoisotopic (exact) mass is 357 g/mol. The Balaban J connectivity index is 1.56. The Kier molecular flexibility index (Phi) is 5.00. The molecule has 7 heteroatoms. The topological polar surface area (TPSA) is 88.0 Å². The van der Waals surface area contributed by atoms with Crippen LogP contribution in [0.15, 0.2) is 48.7 Å². The lowest BCUT2D eigenvalue weighted by Crippen LogP contribution is -2.11. The summed E-state index contributed by atoms with van der Waals surface area (Å²) in [6.07, 6.45) is 3.75. The van der Waals surface area contributed by atoms with Gasteiger partial charge in [-0.2, -0.15) is 0 Å². The zero-order chi connectivity index (χ0) is 17.8. The van der Waals surface area contributed by atoms with Crippen LogP contribution in [0.5, 0.6) is 0 Å². The van der Waals surface area contributed by atoms with Gasteiger partial charge in [0.05, 0.1) is 4.92 Å². The highest BCUT2D eigenvalue weighted by atomic mass is 35.5. The molecule has 6 nitrogen and oxygen atoms in total. The maximum absolute atomic E-state index is 12.0. The molecule has 0 saturated heterocycles. The van der Waals surface area contributed by atoms with Gasteiger partial charge >= 0.3 is 0 Å². The molecule has 0 spiro atoms. The highest BCUT2D eigenvalue weighted by Crippen LogP contribution is 2.27. The first-order valence-electron chi connectivity index (χ1n) is 7.83. The smallest absolute Gasteiger partial charge is 0.289 e. The van der Waals surface area contributed by atoms with Crippen molar-refractivity contribution >= 4 is 39.8 Å². The van der Waals surface area contributed by atoms with Crippen molar-refractivity contribution in [3.63, 3.8) is 0 Å². The van der Waals surface area contributed by atoms with Crippen molar-refractivity contribution in [2.45, 2.75) is 19.3 Å². The van der Waals surface area contributed by atoms with Crippen molar-refractivity contribution in [2.75, 3.05) is 5.32 Å². The summed E-state index contributed by atoms with van der Waals surface area (Å²) < 4.78 is 0. The van der Waals surface area contributed by atoms with Crippen LogP contribution < -0.4 is 5.32 Å². The van der Waals surface area contributed by atoms with Crippen molar-refractivity contribution in [1.29, 1.82) is 0 Å². The number of nitro benzene ring substituents is 1. The molecule has 1 heterocycles. The number of nitrogens with one attached hydrogen (secondary N) is 2. The van der Waals surface area contributed by atoms with Crippen LogP contribution in [0.4, 0.5) is 11.4 Å². The van der Waals surface area contributed by atoms with Gasteiger partial charge < -0.3 is 10.3 Å². The van der Waals surface area contributed by atoms with E-state index < -0.39 is 4.92 Å². The fourth-order valence-corrected chi connectivity index (χ4v) is 2.92. The van der Waals surface area contributed by atoms with Crippen molar-refractivity contribution in [3.8, 4) is 0 Å². The molecule has 0 aliphatic heterocycles. The molecule has 1 aromatic heterocycles. The summed E-state index contributed by atoms with van der Waals surface area (Å²) in [5.41, 5.74) is 2.40. The van der Waals surface area contributed by atoms with Gasteiger partial charge in [0.1, 0.15) is 5.02 Å². The molecule has 25 heavy (non-hydrogen) atoms. The number of H-pyrrole nitrogens is 1. The Bertz CT molecular complexity index is 936. The number of fused-ring (bicyclic) bond motifs is 1. The Hall–Kier alpha value is -2.86. The van der Waals surface area contributed by atoms with Crippen LogP contribution in [-0.2, 0) is 11.2 Å². The number of benzene rings is 2. The number of halogens is 1. The van der Waals surface area contributed by atoms with Crippen molar-refractivity contribution in [3.05, 3.63) is 69.4 Å². The fraction of sp³-hybridized carbons (Fsp3) is 0.167. The number of anilines is 1. The summed E-state index contributed by atoms with van der Waals surface area (Å²) in [7, 11) is 0. The van der Waals surface area contributed by atoms with E-state index in [1.807, 2.05) is 30.5 Å². The van der Waals surface area contributed by atoms with E-state index in [-0.39, 0.29) is 16.6 Å². The SMILES string of the molecule is O=C(CCCc1c[nH]c2ccccc12)Nc1ccc(Cl)c([N+](=O)[O-])c1. The molecule has 2 N–H and O–H groups in total. The number of amides is 1. The highest BCUT2D eigenvalue weighted by molar-refractivity contribution is 6.32. The molecule has 0 aliphatic carbocycles. The number of aromatic amines is 1. The average Bonchev–Trinajstić information content (AvgIpc) is 3.00. The summed E-state index contributed by atoms with van der Waals surface area (Å²) in [6, 6.07) is 12.2. The molecular formula is C18H16ClN3O3. The lowest BCUT2D eigenvalue weighted by atomic mass is 10.1. The molecule has 1 amide bonds. The molecule has 0 atom stereocenters. The third kappa shape index (κ3) is 3.97. The minimum absolute atomic E-state index is 0.0438. The van der Waals surface area contributed by atoms with Crippen LogP contribution >= 0.6 is 11.6 Å². The van der Waals surface area contributed by atoms with Gasteiger partial charge in [-0.1, -0.05) is 29.8 Å². The van der Waals surface area contributed by atoms with Crippen LogP contribution in [0.3, 0.4) is 0 Å². The van der Waals surface area contributed by atoms with Crippen LogP contribution in [-0.4, -0.2) is 15.8 Å². The number of aryl methyl sites for hydroxylation is 1. The molecule has 0 unspecified atom stereocenters. The number of nitro groups is 1. The maximum atomic E-state index is 12.0. The number of rotatable bonds is 6. The Morgan fingerprint density at radius 2 is 2.04 bits per heavy atom. The van der Waals surface area contributed by atoms with E-state index in [4.69, 9.17) is 11.6 Å². The van der Waals surface area contributed by atoms with Gasteiger partial charge in [0.2, 0.25) is 5.91 Å². The molecule has 0 radical (unpaired) electrons. The Morgan fingerprint density at radius 1 is 1.24 bits per heavy atom. The van der Waals surface area contributed by atoms with Gasteiger partial charge in [0.25, 0.3) is 5.69 Å². The van der Waals surface area contributed by atoms with E-state index in [0.717, 1.165) is 17.3 Å². The van der Waals surface area contributed by atoms with E-state index in [1.54, 1.807) is 6.07 Å². The van der Waals surface area contributed by atoms with Gasteiger partial charge in [0, 0.05) is 35.3 Å². The molecule has 0 aliphatic rings. The normalized spacial score (nSPS) is 10.8. The summed E-state index contributed by atoms with van der Waals surface area (Å²) >= 11 is 5.76. The first-order valence-corrected chi connectivity index (χ1v) is 8.21. The van der Waals surface area contributed by atoms with Crippen molar-refractivity contribution < 1.29 is 9.72 Å². The first kappa shape index (κ1) is 17.0. The molecule has 0 bridgehead atoms. The molecule has 3 rings (SSSR count). The quantitative estimate of drug-likeness (QED) is 0.495. The maximum Gasteiger partial charge on any atom is 0.289 e. The molecule has 0 fully saturated rings. The van der Waals surface area contributed by atoms with E-state index in [9.17, 15) is 14.9 Å². The summed E-state index contributed by atoms with van der Waals surface area (Å²) in [6.45, 7) is 0. The van der Waals surface area contributed by atoms with E-state index >= 15 is 0 Å². The first-order chi connectivity index (χ1) is 12.0. The predicted octanol–water partition coefficient (Wildman–Crippen LogP) is 4.69. The van der Waals surface area contributed by atoms with Crippen molar-refractivity contribution in [1.82, 2.24) is 4.98 Å². The molecule has 3 aromatic rings. The number of aromatic nitrogens is 1. The number of hydrogen-bond donors (Lipinski definition) is 2. The Labute approximate surface area is 149 Å². The summed E-state index contributed by atoms with van der Waals surface area (Å²) in [5, 5.41) is 14.8. The third-order valence-electron chi connectivity index (χ3n) is 3.95. The van der Waals surface area contributed by atoms with Crippen LogP contribution in [0.2, 0.25) is 5.02 Å². The van der Waals surface area contributed by atoms with Gasteiger partial charge in [-0.05, 0) is 36.6 Å². The second-order valence-electron chi connectivity index (χ2n) is 5.68. The van der Waals surface area contributed by atoms with E-state index in [2.05, 4.69) is 10.3 Å². The van der Waals surface area contributed by atoms with E-state index in [1.165, 1.54) is 17.7 Å². The van der Waals surface area contributed by atoms with Crippen LogP contribution in [0, 0.1) is 10.1 Å². The predicted molar refractivity (Wildman–Crippen MR) is 98.0 cm³/mol. The van der Waals surface area contributed by atoms with Crippen LogP contribution in [0.1, 0.15) is 18.4 Å². The lowest BCUT2D eigenvalue weighted by Gasteiger charge is -2.06. The van der Waals surface area contributed by atoms with Gasteiger partial charge in [-0.15, -0.1) is 0 Å². The van der Waals surface area contributed by atoms with Gasteiger partial charge in [-0.3, -0.25) is 14.9 Å². The number of para-hydroxylation sites is 1. The number of carbonyl (C=O) groups excluding carboxylic acids is 1. The lowest BCUT2D eigenvalue weighted by molar-refractivity contribution is -0.384. The second kappa shape index (κ2) is 7.36.